The standard InChI is InChI=1S/C14H19BrN2O3/c1-9-7-17(2-3-18-9)12(6-16)10-4-11(15)14-13(5-10)19-8-20-14/h4-5,9,12H,2-3,6-8,16H2,1H3. The second-order valence-electron chi connectivity index (χ2n) is 5.16. The summed E-state index contributed by atoms with van der Waals surface area (Å²) < 4.78 is 17.4. The lowest BCUT2D eigenvalue weighted by Gasteiger charge is -2.37. The van der Waals surface area contributed by atoms with Gasteiger partial charge in [0.25, 0.3) is 0 Å². The zero-order valence-corrected chi connectivity index (χ0v) is 13.1. The molecule has 0 aromatic heterocycles. The first-order valence-corrected chi connectivity index (χ1v) is 7.63. The third-order valence-corrected chi connectivity index (χ3v) is 4.36. The molecular weight excluding hydrogens is 324 g/mol. The molecular formula is C14H19BrN2O3. The number of fused-ring (bicyclic) bond motifs is 1. The molecule has 2 atom stereocenters. The Labute approximate surface area is 127 Å². The fraction of sp³-hybridized carbons (Fsp3) is 0.571. The van der Waals surface area contributed by atoms with E-state index in [0.29, 0.717) is 6.54 Å². The molecule has 0 aliphatic carbocycles. The number of rotatable bonds is 3. The van der Waals surface area contributed by atoms with Crippen molar-refractivity contribution in [3.8, 4) is 11.5 Å². The zero-order valence-electron chi connectivity index (χ0n) is 11.5. The highest BCUT2D eigenvalue weighted by Crippen LogP contribution is 2.42. The van der Waals surface area contributed by atoms with Crippen molar-refractivity contribution < 1.29 is 14.2 Å². The first kappa shape index (κ1) is 14.1. The van der Waals surface area contributed by atoms with Gasteiger partial charge in [0.1, 0.15) is 0 Å². The molecule has 0 saturated carbocycles. The lowest BCUT2D eigenvalue weighted by molar-refractivity contribution is -0.0333. The summed E-state index contributed by atoms with van der Waals surface area (Å²) in [5, 5.41) is 0. The van der Waals surface area contributed by atoms with Gasteiger partial charge in [0, 0.05) is 25.7 Å². The van der Waals surface area contributed by atoms with E-state index < -0.39 is 0 Å². The Morgan fingerprint density at radius 3 is 3.05 bits per heavy atom. The molecule has 2 N–H and O–H groups in total. The third-order valence-electron chi connectivity index (χ3n) is 3.77. The normalized spacial score (nSPS) is 23.9. The van der Waals surface area contributed by atoms with Gasteiger partial charge in [0.05, 0.1) is 17.2 Å². The van der Waals surface area contributed by atoms with Gasteiger partial charge in [-0.15, -0.1) is 0 Å². The van der Waals surface area contributed by atoms with Crippen molar-refractivity contribution in [3.63, 3.8) is 0 Å². The Hall–Kier alpha value is -0.820. The maximum absolute atomic E-state index is 6.01. The highest BCUT2D eigenvalue weighted by Gasteiger charge is 2.27. The monoisotopic (exact) mass is 342 g/mol. The van der Waals surface area contributed by atoms with Crippen molar-refractivity contribution >= 4 is 15.9 Å². The number of nitrogens with zero attached hydrogens (tertiary/aromatic N) is 1. The van der Waals surface area contributed by atoms with Crippen molar-refractivity contribution in [1.29, 1.82) is 0 Å². The van der Waals surface area contributed by atoms with E-state index in [1.54, 1.807) is 0 Å². The first-order chi connectivity index (χ1) is 9.69. The Morgan fingerprint density at radius 1 is 1.45 bits per heavy atom. The molecule has 0 spiro atoms. The van der Waals surface area contributed by atoms with Gasteiger partial charge in [0.2, 0.25) is 6.79 Å². The molecule has 1 fully saturated rings. The van der Waals surface area contributed by atoms with E-state index in [0.717, 1.165) is 41.2 Å². The predicted molar refractivity (Wildman–Crippen MR) is 79.0 cm³/mol. The Kier molecular flexibility index (Phi) is 4.16. The van der Waals surface area contributed by atoms with Crippen molar-refractivity contribution in [3.05, 3.63) is 22.2 Å². The van der Waals surface area contributed by atoms with Crippen molar-refractivity contribution in [2.24, 2.45) is 5.73 Å². The Bertz CT molecular complexity index is 498. The number of halogens is 1. The van der Waals surface area contributed by atoms with E-state index in [1.807, 2.05) is 6.07 Å². The van der Waals surface area contributed by atoms with E-state index >= 15 is 0 Å². The van der Waals surface area contributed by atoms with Gasteiger partial charge < -0.3 is 19.9 Å². The minimum Gasteiger partial charge on any atom is -0.454 e. The van der Waals surface area contributed by atoms with Gasteiger partial charge in [-0.05, 0) is 40.5 Å². The van der Waals surface area contributed by atoms with Crippen LogP contribution in [0.25, 0.3) is 0 Å². The molecule has 2 unspecified atom stereocenters. The molecule has 1 saturated heterocycles. The second-order valence-corrected chi connectivity index (χ2v) is 6.02. The van der Waals surface area contributed by atoms with Crippen LogP contribution in [-0.2, 0) is 4.74 Å². The summed E-state index contributed by atoms with van der Waals surface area (Å²) in [5.41, 5.74) is 7.16. The topological polar surface area (TPSA) is 57.0 Å². The first-order valence-electron chi connectivity index (χ1n) is 6.84. The predicted octanol–water partition coefficient (Wildman–Crippen LogP) is 1.90. The highest BCUT2D eigenvalue weighted by molar-refractivity contribution is 9.10. The van der Waals surface area contributed by atoms with Crippen molar-refractivity contribution in [1.82, 2.24) is 4.90 Å². The molecule has 0 bridgehead atoms. The molecule has 0 amide bonds. The van der Waals surface area contributed by atoms with Gasteiger partial charge in [-0.25, -0.2) is 0 Å². The molecule has 0 radical (unpaired) electrons. The van der Waals surface area contributed by atoms with Crippen LogP contribution >= 0.6 is 15.9 Å². The fourth-order valence-corrected chi connectivity index (χ4v) is 3.38. The van der Waals surface area contributed by atoms with Crippen LogP contribution in [0.4, 0.5) is 0 Å². The van der Waals surface area contributed by atoms with Crippen LogP contribution in [-0.4, -0.2) is 44.0 Å². The van der Waals surface area contributed by atoms with Crippen molar-refractivity contribution in [2.45, 2.75) is 19.1 Å². The second kappa shape index (κ2) is 5.89. The smallest absolute Gasteiger partial charge is 0.231 e. The number of ether oxygens (including phenoxy) is 3. The molecule has 110 valence electrons. The Balaban J connectivity index is 1.87. The van der Waals surface area contributed by atoms with Crippen LogP contribution in [0.5, 0.6) is 11.5 Å². The van der Waals surface area contributed by atoms with Gasteiger partial charge in [-0.2, -0.15) is 0 Å². The molecule has 1 aromatic carbocycles. The van der Waals surface area contributed by atoms with Crippen LogP contribution in [0.3, 0.4) is 0 Å². The van der Waals surface area contributed by atoms with Crippen LogP contribution in [0.15, 0.2) is 16.6 Å². The van der Waals surface area contributed by atoms with Crippen LogP contribution < -0.4 is 15.2 Å². The minimum absolute atomic E-state index is 0.173. The SMILES string of the molecule is CC1CN(C(CN)c2cc(Br)c3c(c2)OCO3)CCO1. The summed E-state index contributed by atoms with van der Waals surface area (Å²) >= 11 is 3.54. The molecule has 2 aliphatic heterocycles. The van der Waals surface area contributed by atoms with Crippen LogP contribution in [0.2, 0.25) is 0 Å². The molecule has 6 heteroatoms. The minimum atomic E-state index is 0.173. The molecule has 2 heterocycles. The third kappa shape index (κ3) is 2.65. The maximum Gasteiger partial charge on any atom is 0.231 e. The number of nitrogens with two attached hydrogens (primary N) is 1. The van der Waals surface area contributed by atoms with E-state index in [4.69, 9.17) is 19.9 Å². The largest absolute Gasteiger partial charge is 0.454 e. The zero-order chi connectivity index (χ0) is 14.1. The number of benzene rings is 1. The quantitative estimate of drug-likeness (QED) is 0.909. The lowest BCUT2D eigenvalue weighted by atomic mass is 10.0. The number of hydrogen-bond acceptors (Lipinski definition) is 5. The summed E-state index contributed by atoms with van der Waals surface area (Å²) in [6.07, 6.45) is 0.246. The summed E-state index contributed by atoms with van der Waals surface area (Å²) in [7, 11) is 0. The van der Waals surface area contributed by atoms with Gasteiger partial charge in [0.15, 0.2) is 11.5 Å². The summed E-state index contributed by atoms with van der Waals surface area (Å²) in [5.74, 6) is 1.56. The van der Waals surface area contributed by atoms with Gasteiger partial charge in [-0.3, -0.25) is 4.90 Å². The van der Waals surface area contributed by atoms with E-state index in [-0.39, 0.29) is 18.9 Å². The summed E-state index contributed by atoms with van der Waals surface area (Å²) in [6.45, 7) is 5.49. The number of morpholine rings is 1. The van der Waals surface area contributed by atoms with E-state index in [2.05, 4.69) is 33.8 Å². The van der Waals surface area contributed by atoms with Crippen molar-refractivity contribution in [2.75, 3.05) is 33.0 Å². The van der Waals surface area contributed by atoms with Gasteiger partial charge in [-0.1, -0.05) is 0 Å². The molecule has 5 nitrogen and oxygen atoms in total. The van der Waals surface area contributed by atoms with E-state index in [1.165, 1.54) is 0 Å². The number of hydrogen-bond donors (Lipinski definition) is 1. The average Bonchev–Trinajstić information content (AvgIpc) is 2.88. The highest BCUT2D eigenvalue weighted by atomic mass is 79.9. The fourth-order valence-electron chi connectivity index (χ4n) is 2.80. The van der Waals surface area contributed by atoms with Crippen LogP contribution in [0, 0.1) is 0 Å². The van der Waals surface area contributed by atoms with Gasteiger partial charge >= 0.3 is 0 Å². The molecule has 3 rings (SSSR count). The van der Waals surface area contributed by atoms with Crippen LogP contribution in [0.1, 0.15) is 18.5 Å². The molecule has 1 aromatic rings. The van der Waals surface area contributed by atoms with E-state index in [9.17, 15) is 0 Å². The lowest BCUT2D eigenvalue weighted by Crippen LogP contribution is -2.45. The summed E-state index contributed by atoms with van der Waals surface area (Å²) in [4.78, 5) is 2.37. The Morgan fingerprint density at radius 2 is 2.30 bits per heavy atom. The molecule has 2 aliphatic rings. The average molecular weight is 343 g/mol. The molecule has 20 heavy (non-hydrogen) atoms. The maximum atomic E-state index is 6.01. The summed E-state index contributed by atoms with van der Waals surface area (Å²) in [6, 6.07) is 4.28.